The van der Waals surface area contributed by atoms with Gasteiger partial charge in [-0.2, -0.15) is 0 Å². The number of aromatic carboxylic acids is 1. The van der Waals surface area contributed by atoms with E-state index in [2.05, 4.69) is 5.32 Å². The maximum Gasteiger partial charge on any atom is 0.337 e. The summed E-state index contributed by atoms with van der Waals surface area (Å²) in [6.07, 6.45) is 2.30. The smallest absolute Gasteiger partial charge is 0.337 e. The Bertz CT molecular complexity index is 720. The van der Waals surface area contributed by atoms with Crippen molar-refractivity contribution in [2.75, 3.05) is 5.32 Å². The molecule has 1 aromatic carbocycles. The molecule has 0 saturated carbocycles. The van der Waals surface area contributed by atoms with Crippen LogP contribution in [0.3, 0.4) is 0 Å². The van der Waals surface area contributed by atoms with Crippen LogP contribution in [0.5, 0.6) is 5.75 Å². The fourth-order valence-corrected chi connectivity index (χ4v) is 2.58. The SMILES string of the molecule is CCC(=Cc1cccs1)C(=O)Nc1ccc(O)cc1C(=O)O. The van der Waals surface area contributed by atoms with E-state index in [4.69, 9.17) is 5.11 Å². The number of phenolic OH excluding ortho intramolecular Hbond substituents is 1. The van der Waals surface area contributed by atoms with E-state index in [0.717, 1.165) is 10.9 Å². The fourth-order valence-electron chi connectivity index (χ4n) is 1.89. The van der Waals surface area contributed by atoms with Gasteiger partial charge in [-0.25, -0.2) is 4.79 Å². The average molecular weight is 317 g/mol. The number of rotatable bonds is 5. The van der Waals surface area contributed by atoms with Crippen LogP contribution in [0.4, 0.5) is 5.69 Å². The number of benzene rings is 1. The molecule has 22 heavy (non-hydrogen) atoms. The Kier molecular flexibility index (Phi) is 4.95. The van der Waals surface area contributed by atoms with Gasteiger partial charge < -0.3 is 15.5 Å². The molecule has 0 bridgehead atoms. The maximum absolute atomic E-state index is 12.3. The molecule has 114 valence electrons. The molecular formula is C16H15NO4S. The van der Waals surface area contributed by atoms with Crippen molar-refractivity contribution in [1.82, 2.24) is 0 Å². The number of carboxylic acids is 1. The van der Waals surface area contributed by atoms with Gasteiger partial charge in [0.2, 0.25) is 0 Å². The van der Waals surface area contributed by atoms with Crippen molar-refractivity contribution in [2.45, 2.75) is 13.3 Å². The van der Waals surface area contributed by atoms with Crippen molar-refractivity contribution in [2.24, 2.45) is 0 Å². The molecule has 0 spiro atoms. The number of amides is 1. The molecule has 1 heterocycles. The molecule has 0 aliphatic carbocycles. The predicted octanol–water partition coefficient (Wildman–Crippen LogP) is 3.58. The van der Waals surface area contributed by atoms with Gasteiger partial charge in [-0.05, 0) is 42.1 Å². The normalized spacial score (nSPS) is 11.2. The van der Waals surface area contributed by atoms with Crippen LogP contribution in [0.1, 0.15) is 28.6 Å². The molecule has 0 unspecified atom stereocenters. The number of carbonyl (C=O) groups is 2. The van der Waals surface area contributed by atoms with Crippen LogP contribution in [0.25, 0.3) is 6.08 Å². The standard InChI is InChI=1S/C16H15NO4S/c1-2-10(8-12-4-3-7-22-12)15(19)17-14-6-5-11(18)9-13(14)16(20)21/h3-9,18H,2H2,1H3,(H,17,19)(H,20,21). The van der Waals surface area contributed by atoms with Crippen LogP contribution in [-0.4, -0.2) is 22.1 Å². The van der Waals surface area contributed by atoms with Crippen LogP contribution in [0.2, 0.25) is 0 Å². The zero-order valence-corrected chi connectivity index (χ0v) is 12.7. The molecule has 1 amide bonds. The summed E-state index contributed by atoms with van der Waals surface area (Å²) in [5, 5.41) is 23.0. The lowest BCUT2D eigenvalue weighted by Gasteiger charge is -2.10. The largest absolute Gasteiger partial charge is 0.508 e. The number of nitrogens with one attached hydrogen (secondary N) is 1. The van der Waals surface area contributed by atoms with Gasteiger partial charge in [-0.15, -0.1) is 11.3 Å². The van der Waals surface area contributed by atoms with E-state index in [1.54, 1.807) is 6.08 Å². The molecule has 0 aliphatic rings. The first-order valence-electron chi connectivity index (χ1n) is 6.63. The van der Waals surface area contributed by atoms with E-state index < -0.39 is 5.97 Å². The van der Waals surface area contributed by atoms with E-state index in [9.17, 15) is 14.7 Å². The van der Waals surface area contributed by atoms with Crippen molar-refractivity contribution in [3.8, 4) is 5.75 Å². The van der Waals surface area contributed by atoms with Gasteiger partial charge in [-0.3, -0.25) is 4.79 Å². The van der Waals surface area contributed by atoms with Crippen LogP contribution < -0.4 is 5.32 Å². The Morgan fingerprint density at radius 3 is 2.68 bits per heavy atom. The first-order valence-corrected chi connectivity index (χ1v) is 7.51. The van der Waals surface area contributed by atoms with E-state index in [1.807, 2.05) is 24.4 Å². The van der Waals surface area contributed by atoms with Crippen molar-refractivity contribution in [1.29, 1.82) is 0 Å². The Balaban J connectivity index is 2.26. The molecular weight excluding hydrogens is 302 g/mol. The van der Waals surface area contributed by atoms with Gasteiger partial charge in [-0.1, -0.05) is 13.0 Å². The van der Waals surface area contributed by atoms with Crippen LogP contribution in [0.15, 0.2) is 41.3 Å². The Hall–Kier alpha value is -2.60. The second-order valence-corrected chi connectivity index (χ2v) is 5.51. The lowest BCUT2D eigenvalue weighted by atomic mass is 10.1. The van der Waals surface area contributed by atoms with Gasteiger partial charge >= 0.3 is 5.97 Å². The summed E-state index contributed by atoms with van der Waals surface area (Å²) >= 11 is 1.52. The number of hydrogen-bond acceptors (Lipinski definition) is 4. The topological polar surface area (TPSA) is 86.6 Å². The van der Waals surface area contributed by atoms with E-state index in [1.165, 1.54) is 23.5 Å². The summed E-state index contributed by atoms with van der Waals surface area (Å²) in [5.74, 6) is -1.74. The van der Waals surface area contributed by atoms with Crippen LogP contribution in [-0.2, 0) is 4.79 Å². The van der Waals surface area contributed by atoms with E-state index >= 15 is 0 Å². The quantitative estimate of drug-likeness (QED) is 0.581. The van der Waals surface area contributed by atoms with Crippen LogP contribution >= 0.6 is 11.3 Å². The summed E-state index contributed by atoms with van der Waals surface area (Å²) in [6.45, 7) is 1.86. The van der Waals surface area contributed by atoms with Gasteiger partial charge in [0.15, 0.2) is 0 Å². The number of hydrogen-bond donors (Lipinski definition) is 3. The summed E-state index contributed by atoms with van der Waals surface area (Å²) in [7, 11) is 0. The number of carbonyl (C=O) groups excluding carboxylic acids is 1. The molecule has 0 saturated heterocycles. The highest BCUT2D eigenvalue weighted by Gasteiger charge is 2.15. The molecule has 2 rings (SSSR count). The highest BCUT2D eigenvalue weighted by molar-refractivity contribution is 7.10. The molecule has 0 atom stereocenters. The number of thiophene rings is 1. The summed E-state index contributed by atoms with van der Waals surface area (Å²) in [6, 6.07) is 7.60. The average Bonchev–Trinajstić information content (AvgIpc) is 2.99. The molecule has 2 aromatic rings. The fraction of sp³-hybridized carbons (Fsp3) is 0.125. The van der Waals surface area contributed by atoms with Crippen LogP contribution in [0, 0.1) is 0 Å². The lowest BCUT2D eigenvalue weighted by Crippen LogP contribution is -2.16. The van der Waals surface area contributed by atoms with Crippen molar-refractivity contribution in [3.05, 3.63) is 51.7 Å². The zero-order chi connectivity index (χ0) is 16.1. The first kappa shape index (κ1) is 15.8. The van der Waals surface area contributed by atoms with Crippen molar-refractivity contribution in [3.63, 3.8) is 0 Å². The van der Waals surface area contributed by atoms with E-state index in [-0.39, 0.29) is 22.9 Å². The molecule has 1 aromatic heterocycles. The zero-order valence-electron chi connectivity index (χ0n) is 11.9. The molecule has 0 aliphatic heterocycles. The maximum atomic E-state index is 12.3. The summed E-state index contributed by atoms with van der Waals surface area (Å²) < 4.78 is 0. The first-order chi connectivity index (χ1) is 10.5. The minimum atomic E-state index is -1.22. The second-order valence-electron chi connectivity index (χ2n) is 4.53. The van der Waals surface area contributed by atoms with Gasteiger partial charge in [0.1, 0.15) is 5.75 Å². The number of phenols is 1. The van der Waals surface area contributed by atoms with Gasteiger partial charge in [0, 0.05) is 10.5 Å². The predicted molar refractivity (Wildman–Crippen MR) is 86.3 cm³/mol. The van der Waals surface area contributed by atoms with Crippen molar-refractivity contribution >= 4 is 35.0 Å². The monoisotopic (exact) mass is 317 g/mol. The third kappa shape index (κ3) is 3.73. The summed E-state index contributed by atoms with van der Waals surface area (Å²) in [5.41, 5.74) is 0.549. The molecule has 5 nitrogen and oxygen atoms in total. The molecule has 0 fully saturated rings. The third-order valence-corrected chi connectivity index (χ3v) is 3.83. The Labute approximate surface area is 131 Å². The second kappa shape index (κ2) is 6.91. The van der Waals surface area contributed by atoms with Crippen molar-refractivity contribution < 1.29 is 19.8 Å². The third-order valence-electron chi connectivity index (χ3n) is 3.01. The van der Waals surface area contributed by atoms with Gasteiger partial charge in [0.05, 0.1) is 11.3 Å². The number of carboxylic acid groups (broad SMARTS) is 1. The minimum absolute atomic E-state index is 0.153. The Morgan fingerprint density at radius 1 is 1.32 bits per heavy atom. The van der Waals surface area contributed by atoms with Gasteiger partial charge in [0.25, 0.3) is 5.91 Å². The highest BCUT2D eigenvalue weighted by atomic mass is 32.1. The molecule has 0 radical (unpaired) electrons. The summed E-state index contributed by atoms with van der Waals surface area (Å²) in [4.78, 5) is 24.4. The lowest BCUT2D eigenvalue weighted by molar-refractivity contribution is -0.112. The molecule has 6 heteroatoms. The molecule has 3 N–H and O–H groups in total. The Morgan fingerprint density at radius 2 is 2.09 bits per heavy atom. The number of anilines is 1. The minimum Gasteiger partial charge on any atom is -0.508 e. The number of aromatic hydroxyl groups is 1. The highest BCUT2D eigenvalue weighted by Crippen LogP contribution is 2.23. The van der Waals surface area contributed by atoms with E-state index in [0.29, 0.717) is 12.0 Å².